The lowest BCUT2D eigenvalue weighted by Gasteiger charge is -2.32. The highest BCUT2D eigenvalue weighted by Gasteiger charge is 2.53. The standard InChI is InChI=1S/C16H23BF4N2O2/c1-10(2)8-23-9-11(13(22-23)16(19,20)21)7-12(18)17-24-14(3,4)15(5,6)25-17/h7,9-10H,8H2,1-6H3. The first kappa shape index (κ1) is 20.0. The van der Waals surface area contributed by atoms with Gasteiger partial charge in [0.1, 0.15) is 5.73 Å². The van der Waals surface area contributed by atoms with E-state index in [0.717, 1.165) is 6.08 Å². The van der Waals surface area contributed by atoms with Crippen LogP contribution in [0.25, 0.3) is 6.08 Å². The fourth-order valence-corrected chi connectivity index (χ4v) is 2.40. The summed E-state index contributed by atoms with van der Waals surface area (Å²) in [5.41, 5.74) is -3.96. The second kappa shape index (κ2) is 6.43. The van der Waals surface area contributed by atoms with Crippen molar-refractivity contribution in [3.05, 3.63) is 23.2 Å². The van der Waals surface area contributed by atoms with E-state index < -0.39 is 35.9 Å². The van der Waals surface area contributed by atoms with Gasteiger partial charge >= 0.3 is 13.3 Å². The van der Waals surface area contributed by atoms with Gasteiger partial charge in [-0.05, 0) is 39.7 Å². The number of halogens is 4. The Labute approximate surface area is 145 Å². The number of nitrogens with zero attached hydrogens (tertiary/aromatic N) is 2. The van der Waals surface area contributed by atoms with Crippen molar-refractivity contribution in [3.63, 3.8) is 0 Å². The molecule has 0 bridgehead atoms. The molecule has 0 radical (unpaired) electrons. The van der Waals surface area contributed by atoms with Crippen LogP contribution in [0.2, 0.25) is 0 Å². The molecule has 140 valence electrons. The Balaban J connectivity index is 2.35. The van der Waals surface area contributed by atoms with Gasteiger partial charge in [-0.3, -0.25) is 4.68 Å². The average molecular weight is 362 g/mol. The maximum atomic E-state index is 14.5. The third-order valence-corrected chi connectivity index (χ3v) is 4.38. The van der Waals surface area contributed by atoms with Gasteiger partial charge in [0.05, 0.1) is 11.2 Å². The van der Waals surface area contributed by atoms with Crippen molar-refractivity contribution in [2.24, 2.45) is 5.92 Å². The predicted molar refractivity (Wildman–Crippen MR) is 87.2 cm³/mol. The van der Waals surface area contributed by atoms with E-state index in [-0.39, 0.29) is 11.5 Å². The van der Waals surface area contributed by atoms with Gasteiger partial charge in [0.15, 0.2) is 5.69 Å². The highest BCUT2D eigenvalue weighted by Crippen LogP contribution is 2.39. The van der Waals surface area contributed by atoms with Crippen LogP contribution in [-0.4, -0.2) is 28.1 Å². The molecule has 2 rings (SSSR count). The second-order valence-corrected chi connectivity index (χ2v) is 7.66. The summed E-state index contributed by atoms with van der Waals surface area (Å²) in [6, 6.07) is 0. The minimum atomic E-state index is -4.68. The summed E-state index contributed by atoms with van der Waals surface area (Å²) in [5.74, 6) is 0.103. The summed E-state index contributed by atoms with van der Waals surface area (Å²) in [4.78, 5) is 0. The van der Waals surface area contributed by atoms with Gasteiger partial charge < -0.3 is 9.31 Å². The van der Waals surface area contributed by atoms with E-state index in [0.29, 0.717) is 6.54 Å². The molecule has 2 heterocycles. The minimum absolute atomic E-state index is 0.103. The van der Waals surface area contributed by atoms with Crippen molar-refractivity contribution >= 4 is 13.2 Å². The van der Waals surface area contributed by atoms with Crippen LogP contribution in [0.4, 0.5) is 17.6 Å². The van der Waals surface area contributed by atoms with E-state index in [1.807, 2.05) is 13.8 Å². The summed E-state index contributed by atoms with van der Waals surface area (Å²) >= 11 is 0. The Morgan fingerprint density at radius 3 is 2.20 bits per heavy atom. The fourth-order valence-electron chi connectivity index (χ4n) is 2.40. The van der Waals surface area contributed by atoms with E-state index in [2.05, 4.69) is 5.10 Å². The zero-order chi connectivity index (χ0) is 19.2. The summed E-state index contributed by atoms with van der Waals surface area (Å²) in [7, 11) is -1.35. The van der Waals surface area contributed by atoms with Gasteiger partial charge in [-0.1, -0.05) is 13.8 Å². The lowest BCUT2D eigenvalue weighted by Crippen LogP contribution is -2.41. The van der Waals surface area contributed by atoms with Crippen LogP contribution in [0.1, 0.15) is 52.8 Å². The van der Waals surface area contributed by atoms with Gasteiger partial charge in [0.25, 0.3) is 0 Å². The quantitative estimate of drug-likeness (QED) is 0.585. The van der Waals surface area contributed by atoms with Gasteiger partial charge in [0.2, 0.25) is 0 Å². The molecular formula is C16H23BF4N2O2. The Morgan fingerprint density at radius 1 is 1.24 bits per heavy atom. The zero-order valence-corrected chi connectivity index (χ0v) is 15.2. The van der Waals surface area contributed by atoms with Crippen molar-refractivity contribution in [2.75, 3.05) is 0 Å². The van der Waals surface area contributed by atoms with E-state index in [4.69, 9.17) is 9.31 Å². The molecule has 1 fully saturated rings. The van der Waals surface area contributed by atoms with Crippen molar-refractivity contribution in [1.82, 2.24) is 9.78 Å². The number of aromatic nitrogens is 2. The lowest BCUT2D eigenvalue weighted by molar-refractivity contribution is -0.141. The first-order chi connectivity index (χ1) is 11.2. The molecule has 0 spiro atoms. The summed E-state index contributed by atoms with van der Waals surface area (Å²) < 4.78 is 66.3. The highest BCUT2D eigenvalue weighted by atomic mass is 19.4. The zero-order valence-electron chi connectivity index (χ0n) is 15.2. The SMILES string of the molecule is CC(C)Cn1cc(C=C(F)B2OC(C)(C)C(C)(C)O2)c(C(F)(F)F)n1. The fraction of sp³-hybridized carbons (Fsp3) is 0.688. The maximum Gasteiger partial charge on any atom is 0.525 e. The molecule has 1 aromatic heterocycles. The first-order valence-corrected chi connectivity index (χ1v) is 8.10. The van der Waals surface area contributed by atoms with Crippen molar-refractivity contribution < 1.29 is 26.9 Å². The van der Waals surface area contributed by atoms with E-state index in [1.54, 1.807) is 27.7 Å². The largest absolute Gasteiger partial charge is 0.525 e. The average Bonchev–Trinajstić information content (AvgIpc) is 2.87. The van der Waals surface area contributed by atoms with E-state index >= 15 is 0 Å². The number of rotatable bonds is 4. The lowest BCUT2D eigenvalue weighted by atomic mass is 9.87. The summed E-state index contributed by atoms with van der Waals surface area (Å²) in [5, 5.41) is 3.56. The first-order valence-electron chi connectivity index (χ1n) is 8.10. The molecule has 1 saturated heterocycles. The number of hydrogen-bond donors (Lipinski definition) is 0. The van der Waals surface area contributed by atoms with E-state index in [9.17, 15) is 17.6 Å². The van der Waals surface area contributed by atoms with Crippen LogP contribution in [-0.2, 0) is 22.0 Å². The van der Waals surface area contributed by atoms with Crippen molar-refractivity contribution in [3.8, 4) is 0 Å². The molecule has 0 amide bonds. The minimum Gasteiger partial charge on any atom is -0.398 e. The molecule has 0 N–H and O–H groups in total. The van der Waals surface area contributed by atoms with Crippen LogP contribution < -0.4 is 0 Å². The third kappa shape index (κ3) is 4.26. The number of alkyl halides is 3. The predicted octanol–water partition coefficient (Wildman–Crippen LogP) is 4.50. The smallest absolute Gasteiger partial charge is 0.398 e. The molecular weight excluding hydrogens is 339 g/mol. The molecule has 25 heavy (non-hydrogen) atoms. The maximum absolute atomic E-state index is 14.5. The highest BCUT2D eigenvalue weighted by molar-refractivity contribution is 6.54. The van der Waals surface area contributed by atoms with Crippen LogP contribution >= 0.6 is 0 Å². The molecule has 0 unspecified atom stereocenters. The Hall–Kier alpha value is -1.35. The van der Waals surface area contributed by atoms with Crippen molar-refractivity contribution in [2.45, 2.75) is 65.5 Å². The summed E-state index contributed by atoms with van der Waals surface area (Å²) in [6.45, 7) is 11.0. The van der Waals surface area contributed by atoms with Gasteiger partial charge in [-0.15, -0.1) is 0 Å². The normalized spacial score (nSPS) is 20.6. The van der Waals surface area contributed by atoms with Gasteiger partial charge in [-0.2, -0.15) is 18.3 Å². The topological polar surface area (TPSA) is 36.3 Å². The van der Waals surface area contributed by atoms with Crippen molar-refractivity contribution in [1.29, 1.82) is 0 Å². The van der Waals surface area contributed by atoms with Crippen LogP contribution in [0, 0.1) is 5.92 Å². The number of hydrogen-bond acceptors (Lipinski definition) is 3. The molecule has 0 aliphatic carbocycles. The third-order valence-electron chi connectivity index (χ3n) is 4.38. The molecule has 0 saturated carbocycles. The monoisotopic (exact) mass is 362 g/mol. The molecule has 0 atom stereocenters. The van der Waals surface area contributed by atoms with Crippen LogP contribution in [0.5, 0.6) is 0 Å². The molecule has 1 aliphatic rings. The van der Waals surface area contributed by atoms with E-state index in [1.165, 1.54) is 10.9 Å². The Bertz CT molecular complexity index is 650. The molecule has 9 heteroatoms. The Kier molecular flexibility index (Phi) is 5.14. The van der Waals surface area contributed by atoms with Gasteiger partial charge in [-0.25, -0.2) is 4.39 Å². The van der Waals surface area contributed by atoms with Crippen LogP contribution in [0.15, 0.2) is 11.9 Å². The molecule has 1 aliphatic heterocycles. The molecule has 1 aromatic rings. The Morgan fingerprint density at radius 2 is 1.76 bits per heavy atom. The van der Waals surface area contributed by atoms with Crippen LogP contribution in [0.3, 0.4) is 0 Å². The molecule has 0 aromatic carbocycles. The second-order valence-electron chi connectivity index (χ2n) is 7.66. The summed E-state index contributed by atoms with van der Waals surface area (Å²) in [6.07, 6.45) is -2.70. The molecule has 4 nitrogen and oxygen atoms in total. The van der Waals surface area contributed by atoms with Gasteiger partial charge in [0, 0.05) is 18.3 Å².